The Morgan fingerprint density at radius 2 is 1.45 bits per heavy atom. The normalized spacial score (nSPS) is 12.3. The van der Waals surface area contributed by atoms with Crippen LogP contribution in [0.25, 0.3) is 0 Å². The number of benzene rings is 2. The van der Waals surface area contributed by atoms with Crippen molar-refractivity contribution in [1.29, 1.82) is 0 Å². The number of aliphatic hydroxyl groups excluding tert-OH is 2. The minimum Gasteiger partial charge on any atom is -0.490 e. The van der Waals surface area contributed by atoms with Crippen molar-refractivity contribution in [2.75, 3.05) is 32.2 Å². The van der Waals surface area contributed by atoms with E-state index in [2.05, 4.69) is 15.0 Å². The van der Waals surface area contributed by atoms with Gasteiger partial charge in [-0.15, -0.1) is 0 Å². The average molecular weight is 690 g/mol. The number of esters is 2. The van der Waals surface area contributed by atoms with Gasteiger partial charge in [0, 0.05) is 31.1 Å². The third kappa shape index (κ3) is 10.3. The fourth-order valence-corrected chi connectivity index (χ4v) is 5.21. The lowest BCUT2D eigenvalue weighted by Crippen LogP contribution is -2.29. The van der Waals surface area contributed by atoms with Crippen LogP contribution in [0.5, 0.6) is 11.5 Å². The number of anilines is 2. The quantitative estimate of drug-likeness (QED) is 0.140. The zero-order valence-electron chi connectivity index (χ0n) is 23.9. The Hall–Kier alpha value is -2.99. The number of nitrogens with one attached hydrogen (secondary N) is 1. The van der Waals surface area contributed by atoms with Crippen molar-refractivity contribution in [2.45, 2.75) is 44.8 Å². The molecule has 0 aliphatic carbocycles. The topological polar surface area (TPSA) is 136 Å². The number of carbonyl (C=O) groups is 2. The summed E-state index contributed by atoms with van der Waals surface area (Å²) in [6.07, 6.45) is 0.00982. The zero-order chi connectivity index (χ0) is 32.2. The summed E-state index contributed by atoms with van der Waals surface area (Å²) in [5.41, 5.74) is 1.45. The second-order valence-corrected chi connectivity index (χ2v) is 11.0. The van der Waals surface area contributed by atoms with Gasteiger partial charge in [0.15, 0.2) is 11.5 Å². The number of pyridine rings is 1. The van der Waals surface area contributed by atoms with Gasteiger partial charge in [0.05, 0.1) is 59.2 Å². The lowest BCUT2D eigenvalue weighted by molar-refractivity contribution is -0.140. The third-order valence-electron chi connectivity index (χ3n) is 6.23. The first-order valence-corrected chi connectivity index (χ1v) is 15.1. The van der Waals surface area contributed by atoms with Crippen molar-refractivity contribution in [3.05, 3.63) is 73.8 Å². The molecule has 0 saturated carbocycles. The van der Waals surface area contributed by atoms with Crippen LogP contribution in [0.3, 0.4) is 0 Å². The monoisotopic (exact) mass is 688 g/mol. The Labute approximate surface area is 275 Å². The van der Waals surface area contributed by atoms with E-state index in [4.69, 9.17) is 60.6 Å². The van der Waals surface area contributed by atoms with Gasteiger partial charge in [0.2, 0.25) is 0 Å². The summed E-state index contributed by atoms with van der Waals surface area (Å²) >= 11 is 25.4. The fraction of sp³-hybridized carbons (Fsp3) is 0.367. The molecule has 0 unspecified atom stereocenters. The summed E-state index contributed by atoms with van der Waals surface area (Å²) in [5, 5.41) is 24.7. The molecule has 0 aliphatic rings. The molecule has 1 aromatic heterocycles. The highest BCUT2D eigenvalue weighted by atomic mass is 35.5. The van der Waals surface area contributed by atoms with E-state index in [-0.39, 0.29) is 88.0 Å². The van der Waals surface area contributed by atoms with Crippen molar-refractivity contribution >= 4 is 69.8 Å². The summed E-state index contributed by atoms with van der Waals surface area (Å²) in [4.78, 5) is 27.8. The highest BCUT2D eigenvalue weighted by Crippen LogP contribution is 2.37. The minimum absolute atomic E-state index is 0.00321. The maximum Gasteiger partial charge on any atom is 0.341 e. The Bertz CT molecular complexity index is 1400. The maximum atomic E-state index is 12.2. The number of nitrogens with zero attached hydrogens (tertiary/aromatic N) is 1. The van der Waals surface area contributed by atoms with Crippen LogP contribution >= 0.6 is 46.4 Å². The Morgan fingerprint density at radius 3 is 1.98 bits per heavy atom. The SMILES string of the molecule is CCOC(=O)c1cccnc1Nc1cc(Cl)c(OCC[C@H](O)[C@@H](O)CCOc2c(Cl)cc(CCC(=O)OC)cc2Cl)c(Cl)c1. The molecule has 0 aliphatic heterocycles. The van der Waals surface area contributed by atoms with Gasteiger partial charge in [0.1, 0.15) is 11.4 Å². The first kappa shape index (κ1) is 35.5. The van der Waals surface area contributed by atoms with E-state index in [1.165, 1.54) is 13.3 Å². The van der Waals surface area contributed by atoms with Crippen molar-refractivity contribution in [3.63, 3.8) is 0 Å². The molecule has 10 nitrogen and oxygen atoms in total. The number of aliphatic hydroxyl groups is 2. The fourth-order valence-electron chi connectivity index (χ4n) is 3.98. The first-order chi connectivity index (χ1) is 21.0. The van der Waals surface area contributed by atoms with Gasteiger partial charge in [0.25, 0.3) is 0 Å². The highest BCUT2D eigenvalue weighted by molar-refractivity contribution is 6.38. The Kier molecular flexibility index (Phi) is 14.1. The van der Waals surface area contributed by atoms with Crippen LogP contribution in [0.1, 0.15) is 42.1 Å². The number of halogens is 4. The number of aromatic nitrogens is 1. The molecule has 238 valence electrons. The highest BCUT2D eigenvalue weighted by Gasteiger charge is 2.20. The second-order valence-electron chi connectivity index (χ2n) is 9.39. The zero-order valence-corrected chi connectivity index (χ0v) is 27.0. The van der Waals surface area contributed by atoms with Crippen LogP contribution in [0.15, 0.2) is 42.6 Å². The van der Waals surface area contributed by atoms with Crippen LogP contribution in [0.2, 0.25) is 20.1 Å². The molecule has 44 heavy (non-hydrogen) atoms. The molecule has 0 radical (unpaired) electrons. The molecular weight excluding hydrogens is 658 g/mol. The summed E-state index contributed by atoms with van der Waals surface area (Å²) < 4.78 is 21.1. The molecule has 0 amide bonds. The van der Waals surface area contributed by atoms with E-state index >= 15 is 0 Å². The predicted octanol–water partition coefficient (Wildman–Crippen LogP) is 6.68. The molecule has 3 N–H and O–H groups in total. The number of carbonyl (C=O) groups excluding carboxylic acids is 2. The standard InChI is InChI=1S/C30H32Cl4N2O8/c1-3-42-30(40)19-5-4-10-35-29(19)36-18-15-22(33)28(23(34)16-18)44-12-9-25(38)24(37)8-11-43-27-20(31)13-17(14-21(27)32)6-7-26(39)41-2/h4-5,10,13-16,24-25,37-38H,3,6-9,11-12H2,1-2H3,(H,35,36)/t24-,25-/m0/s1. The van der Waals surface area contributed by atoms with Crippen molar-refractivity contribution < 1.29 is 38.7 Å². The molecule has 1 heterocycles. The van der Waals surface area contributed by atoms with Crippen LogP contribution in [0, 0.1) is 0 Å². The maximum absolute atomic E-state index is 12.2. The minimum atomic E-state index is -1.13. The molecule has 0 fully saturated rings. The molecule has 3 aromatic rings. The van der Waals surface area contributed by atoms with Gasteiger partial charge in [-0.3, -0.25) is 4.79 Å². The van der Waals surface area contributed by atoms with Gasteiger partial charge in [-0.25, -0.2) is 9.78 Å². The number of ether oxygens (including phenoxy) is 4. The van der Waals surface area contributed by atoms with Gasteiger partial charge in [-0.2, -0.15) is 0 Å². The molecule has 2 atom stereocenters. The van der Waals surface area contributed by atoms with Crippen LogP contribution < -0.4 is 14.8 Å². The molecule has 0 bridgehead atoms. The summed E-state index contributed by atoms with van der Waals surface area (Å²) in [5.74, 6) is -0.175. The van der Waals surface area contributed by atoms with Crippen LogP contribution in [0.4, 0.5) is 11.5 Å². The van der Waals surface area contributed by atoms with Crippen LogP contribution in [-0.2, 0) is 20.7 Å². The molecule has 14 heteroatoms. The molecule has 2 aromatic carbocycles. The van der Waals surface area contributed by atoms with E-state index in [9.17, 15) is 19.8 Å². The summed E-state index contributed by atoms with van der Waals surface area (Å²) in [7, 11) is 1.32. The van der Waals surface area contributed by atoms with Gasteiger partial charge < -0.3 is 34.5 Å². The van der Waals surface area contributed by atoms with E-state index in [1.54, 1.807) is 43.3 Å². The average Bonchev–Trinajstić information content (AvgIpc) is 2.98. The second kappa shape index (κ2) is 17.5. The van der Waals surface area contributed by atoms with Gasteiger partial charge >= 0.3 is 11.9 Å². The largest absolute Gasteiger partial charge is 0.490 e. The van der Waals surface area contributed by atoms with E-state index in [0.29, 0.717) is 12.1 Å². The number of aryl methyl sites for hydroxylation is 1. The van der Waals surface area contributed by atoms with Gasteiger partial charge in [-0.1, -0.05) is 46.4 Å². The van der Waals surface area contributed by atoms with E-state index in [1.807, 2.05) is 0 Å². The number of rotatable bonds is 16. The molecule has 0 spiro atoms. The summed E-state index contributed by atoms with van der Waals surface area (Å²) in [6.45, 7) is 1.96. The number of hydrogen-bond acceptors (Lipinski definition) is 10. The van der Waals surface area contributed by atoms with E-state index in [0.717, 1.165) is 5.56 Å². The lowest BCUT2D eigenvalue weighted by Gasteiger charge is -2.19. The Balaban J connectivity index is 1.49. The first-order valence-electron chi connectivity index (χ1n) is 13.6. The van der Waals surface area contributed by atoms with Crippen LogP contribution in [-0.4, -0.2) is 66.3 Å². The lowest BCUT2D eigenvalue weighted by atomic mass is 10.1. The van der Waals surface area contributed by atoms with Crippen molar-refractivity contribution in [1.82, 2.24) is 4.98 Å². The van der Waals surface area contributed by atoms with Crippen molar-refractivity contribution in [2.24, 2.45) is 0 Å². The predicted molar refractivity (Wildman–Crippen MR) is 169 cm³/mol. The summed E-state index contributed by atoms with van der Waals surface area (Å²) in [6, 6.07) is 9.60. The van der Waals surface area contributed by atoms with Crippen molar-refractivity contribution in [3.8, 4) is 11.5 Å². The van der Waals surface area contributed by atoms with E-state index < -0.39 is 18.2 Å². The molecule has 3 rings (SSSR count). The molecule has 0 saturated heterocycles. The third-order valence-corrected chi connectivity index (χ3v) is 7.35. The molecular formula is C30H32Cl4N2O8. The van der Waals surface area contributed by atoms with Gasteiger partial charge in [-0.05, 0) is 55.3 Å². The number of hydrogen-bond donors (Lipinski definition) is 3. The smallest absolute Gasteiger partial charge is 0.341 e. The number of methoxy groups -OCH3 is 1. The Morgan fingerprint density at radius 1 is 0.909 bits per heavy atom.